The summed E-state index contributed by atoms with van der Waals surface area (Å²) in [7, 11) is 2.96. The van der Waals surface area contributed by atoms with Gasteiger partial charge in [-0.1, -0.05) is 25.7 Å². The van der Waals surface area contributed by atoms with Crippen molar-refractivity contribution in [2.45, 2.75) is 44.6 Å². The molecule has 0 heterocycles. The zero-order chi connectivity index (χ0) is 20.4. The van der Waals surface area contributed by atoms with Gasteiger partial charge in [-0.3, -0.25) is 14.4 Å². The molecule has 2 rings (SSSR count). The van der Waals surface area contributed by atoms with E-state index in [0.717, 1.165) is 25.7 Å². The first kappa shape index (κ1) is 21.5. The fourth-order valence-electron chi connectivity index (χ4n) is 3.08. The molecule has 2 N–H and O–H groups in total. The molecule has 0 bridgehead atoms. The smallest absolute Gasteiger partial charge is 0.325 e. The Balaban J connectivity index is 1.74. The maximum absolute atomic E-state index is 12.2. The van der Waals surface area contributed by atoms with Gasteiger partial charge < -0.3 is 24.8 Å². The molecule has 1 aromatic carbocycles. The molecule has 154 valence electrons. The van der Waals surface area contributed by atoms with Gasteiger partial charge in [0.2, 0.25) is 0 Å². The molecule has 8 nitrogen and oxygen atoms in total. The maximum atomic E-state index is 12.2. The Labute approximate surface area is 164 Å². The van der Waals surface area contributed by atoms with E-state index < -0.39 is 11.9 Å². The third kappa shape index (κ3) is 7.09. The molecular formula is C20H28N2O6. The lowest BCUT2D eigenvalue weighted by Crippen LogP contribution is -2.38. The zero-order valence-electron chi connectivity index (χ0n) is 16.4. The van der Waals surface area contributed by atoms with Gasteiger partial charge in [-0.05, 0) is 25.0 Å². The number of benzene rings is 1. The average molecular weight is 392 g/mol. The lowest BCUT2D eigenvalue weighted by atomic mass is 10.1. The van der Waals surface area contributed by atoms with Gasteiger partial charge in [-0.15, -0.1) is 0 Å². The van der Waals surface area contributed by atoms with E-state index in [9.17, 15) is 14.4 Å². The number of nitrogens with one attached hydrogen (secondary N) is 2. The lowest BCUT2D eigenvalue weighted by molar-refractivity contribution is -0.147. The summed E-state index contributed by atoms with van der Waals surface area (Å²) >= 11 is 0. The van der Waals surface area contributed by atoms with Crippen molar-refractivity contribution < 1.29 is 28.6 Å². The summed E-state index contributed by atoms with van der Waals surface area (Å²) in [6.45, 7) is -0.687. The molecule has 0 radical (unpaired) electrons. The summed E-state index contributed by atoms with van der Waals surface area (Å²) in [4.78, 5) is 35.9. The largest absolute Gasteiger partial charge is 0.497 e. The van der Waals surface area contributed by atoms with Gasteiger partial charge in [0.1, 0.15) is 18.0 Å². The van der Waals surface area contributed by atoms with Crippen molar-refractivity contribution in [3.05, 3.63) is 23.8 Å². The molecule has 8 heteroatoms. The van der Waals surface area contributed by atoms with Crippen LogP contribution >= 0.6 is 0 Å². The number of amides is 2. The standard InChI is InChI=1S/C20H28N2O6/c1-26-16-9-14(10-17(11-16)27-2)20(25)21-12-19(24)28-13-18(23)22-15-7-5-3-4-6-8-15/h9-11,15H,3-8,12-13H2,1-2H3,(H,21,25)(H,22,23). The predicted molar refractivity (Wildman–Crippen MR) is 102 cm³/mol. The number of carbonyl (C=O) groups excluding carboxylic acids is 3. The predicted octanol–water partition coefficient (Wildman–Crippen LogP) is 1.82. The van der Waals surface area contributed by atoms with Crippen molar-refractivity contribution in [3.63, 3.8) is 0 Å². The highest BCUT2D eigenvalue weighted by atomic mass is 16.5. The van der Waals surface area contributed by atoms with Crippen LogP contribution in [0, 0.1) is 0 Å². The molecule has 0 aromatic heterocycles. The van der Waals surface area contributed by atoms with E-state index in [0.29, 0.717) is 11.5 Å². The number of ether oxygens (including phenoxy) is 3. The second-order valence-corrected chi connectivity index (χ2v) is 6.70. The summed E-state index contributed by atoms with van der Waals surface area (Å²) in [6.07, 6.45) is 6.51. The van der Waals surface area contributed by atoms with E-state index in [-0.39, 0.29) is 30.7 Å². The Hall–Kier alpha value is -2.77. The molecule has 0 unspecified atom stereocenters. The number of hydrogen-bond acceptors (Lipinski definition) is 6. The van der Waals surface area contributed by atoms with E-state index in [1.807, 2.05) is 0 Å². The third-order valence-corrected chi connectivity index (χ3v) is 4.59. The zero-order valence-corrected chi connectivity index (χ0v) is 16.4. The number of esters is 1. The quantitative estimate of drug-likeness (QED) is 0.517. The fourth-order valence-corrected chi connectivity index (χ4v) is 3.08. The van der Waals surface area contributed by atoms with Crippen LogP contribution in [0.3, 0.4) is 0 Å². The van der Waals surface area contributed by atoms with Crippen molar-refractivity contribution in [2.75, 3.05) is 27.4 Å². The minimum absolute atomic E-state index is 0.149. The van der Waals surface area contributed by atoms with E-state index in [4.69, 9.17) is 14.2 Å². The van der Waals surface area contributed by atoms with E-state index in [1.165, 1.54) is 39.2 Å². The highest BCUT2D eigenvalue weighted by molar-refractivity contribution is 5.96. The van der Waals surface area contributed by atoms with E-state index in [2.05, 4.69) is 10.6 Å². The van der Waals surface area contributed by atoms with Crippen LogP contribution in [-0.2, 0) is 14.3 Å². The first-order valence-corrected chi connectivity index (χ1v) is 9.48. The van der Waals surface area contributed by atoms with Crippen LogP contribution in [0.5, 0.6) is 11.5 Å². The van der Waals surface area contributed by atoms with Gasteiger partial charge in [0.15, 0.2) is 6.61 Å². The molecule has 28 heavy (non-hydrogen) atoms. The average Bonchev–Trinajstić information content (AvgIpc) is 2.98. The fraction of sp³-hybridized carbons (Fsp3) is 0.550. The summed E-state index contributed by atoms with van der Waals surface area (Å²) in [5.41, 5.74) is 0.287. The lowest BCUT2D eigenvalue weighted by Gasteiger charge is -2.16. The molecule has 1 aromatic rings. The maximum Gasteiger partial charge on any atom is 0.325 e. The number of methoxy groups -OCH3 is 2. The Morgan fingerprint density at radius 1 is 0.964 bits per heavy atom. The van der Waals surface area contributed by atoms with Gasteiger partial charge in [0.25, 0.3) is 11.8 Å². The summed E-state index contributed by atoms with van der Waals surface area (Å²) in [5.74, 6) is -0.551. The van der Waals surface area contributed by atoms with Gasteiger partial charge in [0, 0.05) is 17.7 Å². The minimum atomic E-state index is -0.681. The van der Waals surface area contributed by atoms with E-state index in [1.54, 1.807) is 6.07 Å². The Morgan fingerprint density at radius 3 is 2.14 bits per heavy atom. The first-order chi connectivity index (χ1) is 13.5. The van der Waals surface area contributed by atoms with Crippen molar-refractivity contribution in [1.29, 1.82) is 0 Å². The number of rotatable bonds is 8. The molecule has 0 aliphatic heterocycles. The van der Waals surface area contributed by atoms with Crippen LogP contribution < -0.4 is 20.1 Å². The first-order valence-electron chi connectivity index (χ1n) is 9.48. The van der Waals surface area contributed by atoms with Gasteiger partial charge in [0.05, 0.1) is 14.2 Å². The molecule has 0 spiro atoms. The molecule has 1 fully saturated rings. The van der Waals surface area contributed by atoms with Gasteiger partial charge in [-0.25, -0.2) is 0 Å². The molecule has 2 amide bonds. The summed E-state index contributed by atoms with van der Waals surface area (Å²) in [5, 5.41) is 5.36. The SMILES string of the molecule is COc1cc(OC)cc(C(=O)NCC(=O)OCC(=O)NC2CCCCCC2)c1. The van der Waals surface area contributed by atoms with Crippen molar-refractivity contribution >= 4 is 17.8 Å². The van der Waals surface area contributed by atoms with Crippen molar-refractivity contribution in [2.24, 2.45) is 0 Å². The summed E-state index contributed by atoms with van der Waals surface area (Å²) in [6, 6.07) is 4.85. The van der Waals surface area contributed by atoms with Crippen LogP contribution in [0.4, 0.5) is 0 Å². The molecule has 0 saturated heterocycles. The van der Waals surface area contributed by atoms with Crippen LogP contribution in [0.15, 0.2) is 18.2 Å². The molecule has 1 aliphatic carbocycles. The highest BCUT2D eigenvalue weighted by Gasteiger charge is 2.16. The van der Waals surface area contributed by atoms with Crippen molar-refractivity contribution in [1.82, 2.24) is 10.6 Å². The molecular weight excluding hydrogens is 364 g/mol. The number of carbonyl (C=O) groups is 3. The second-order valence-electron chi connectivity index (χ2n) is 6.70. The Bertz CT molecular complexity index is 661. The Morgan fingerprint density at radius 2 is 1.57 bits per heavy atom. The van der Waals surface area contributed by atoms with Gasteiger partial charge in [-0.2, -0.15) is 0 Å². The highest BCUT2D eigenvalue weighted by Crippen LogP contribution is 2.22. The summed E-state index contributed by atoms with van der Waals surface area (Å²) < 4.78 is 15.2. The second kappa shape index (κ2) is 11.2. The number of hydrogen-bond donors (Lipinski definition) is 2. The normalized spacial score (nSPS) is 14.5. The van der Waals surface area contributed by atoms with Crippen LogP contribution in [0.2, 0.25) is 0 Å². The molecule has 0 atom stereocenters. The van der Waals surface area contributed by atoms with Crippen LogP contribution in [-0.4, -0.2) is 51.2 Å². The minimum Gasteiger partial charge on any atom is -0.497 e. The van der Waals surface area contributed by atoms with Gasteiger partial charge >= 0.3 is 5.97 Å². The topological polar surface area (TPSA) is 103 Å². The van der Waals surface area contributed by atoms with E-state index >= 15 is 0 Å². The van der Waals surface area contributed by atoms with Crippen molar-refractivity contribution in [3.8, 4) is 11.5 Å². The molecule has 1 aliphatic rings. The third-order valence-electron chi connectivity index (χ3n) is 4.59. The van der Waals surface area contributed by atoms with Crippen LogP contribution in [0.25, 0.3) is 0 Å². The Kier molecular flexibility index (Phi) is 8.58. The molecule has 1 saturated carbocycles. The monoisotopic (exact) mass is 392 g/mol. The van der Waals surface area contributed by atoms with Crippen LogP contribution in [0.1, 0.15) is 48.9 Å².